The smallest absolute Gasteiger partial charge is 0.418 e. The predicted octanol–water partition coefficient (Wildman–Crippen LogP) is 1.31. The van der Waals surface area contributed by atoms with Crippen LogP contribution in [0, 0.1) is 10.1 Å². The number of benzene rings is 1. The average molecular weight is 295 g/mol. The van der Waals surface area contributed by atoms with Crippen molar-refractivity contribution in [1.29, 1.82) is 0 Å². The quantitative estimate of drug-likeness (QED) is 0.397. The summed E-state index contributed by atoms with van der Waals surface area (Å²) in [5, 5.41) is 10.5. The number of hydrogen-bond donors (Lipinski definition) is 1. The number of pyridine rings is 1. The van der Waals surface area contributed by atoms with Crippen molar-refractivity contribution in [3.63, 3.8) is 0 Å². The highest BCUT2D eigenvalue weighted by molar-refractivity contribution is 7.61. The second-order valence-electron chi connectivity index (χ2n) is 4.03. The van der Waals surface area contributed by atoms with Crippen LogP contribution in [-0.4, -0.2) is 9.82 Å². The molecule has 0 fully saturated rings. The molecule has 7 nitrogen and oxygen atoms in total. The molecule has 0 radical (unpaired) electrons. The van der Waals surface area contributed by atoms with Gasteiger partial charge in [-0.15, -0.1) is 0 Å². The molecular weight excluding hydrogens is 283 g/mol. The van der Waals surface area contributed by atoms with Gasteiger partial charge in [0.05, 0.1) is 4.92 Å². The fourth-order valence-corrected chi connectivity index (χ4v) is 2.87. The van der Waals surface area contributed by atoms with Crippen LogP contribution < -0.4 is 14.5 Å². The summed E-state index contributed by atoms with van der Waals surface area (Å²) in [4.78, 5) is 19.9. The molecule has 1 heterocycles. The minimum absolute atomic E-state index is 0.0882. The normalized spacial score (nSPS) is 13.5. The van der Waals surface area contributed by atoms with Crippen molar-refractivity contribution >= 4 is 18.7 Å². The number of nitrogens with zero attached hydrogens (tertiary/aromatic N) is 2. The van der Waals surface area contributed by atoms with Gasteiger partial charge in [-0.2, -0.15) is 4.57 Å². The Kier molecular flexibility index (Phi) is 3.83. The summed E-state index contributed by atoms with van der Waals surface area (Å²) >= 11 is 0. The predicted molar refractivity (Wildman–Crippen MR) is 70.8 cm³/mol. The Morgan fingerprint density at radius 2 is 1.90 bits per heavy atom. The van der Waals surface area contributed by atoms with Crippen LogP contribution in [0.15, 0.2) is 48.7 Å². The van der Waals surface area contributed by atoms with E-state index < -0.39 is 12.5 Å². The molecule has 2 rings (SSSR count). The van der Waals surface area contributed by atoms with Gasteiger partial charge in [-0.3, -0.25) is 10.1 Å². The molecule has 20 heavy (non-hydrogen) atoms. The summed E-state index contributed by atoms with van der Waals surface area (Å²) < 4.78 is 18.8. The molecule has 0 saturated carbocycles. The van der Waals surface area contributed by atoms with E-state index in [4.69, 9.17) is 4.52 Å². The first kappa shape index (κ1) is 14.2. The first-order valence-electron chi connectivity index (χ1n) is 5.62. The van der Waals surface area contributed by atoms with E-state index in [2.05, 4.69) is 0 Å². The second kappa shape index (κ2) is 5.40. The number of aromatic nitrogens is 1. The Labute approximate surface area is 114 Å². The lowest BCUT2D eigenvalue weighted by molar-refractivity contribution is -0.654. The van der Waals surface area contributed by atoms with Gasteiger partial charge in [-0.1, -0.05) is 0 Å². The molecule has 2 aromatic rings. The van der Waals surface area contributed by atoms with Gasteiger partial charge in [0.2, 0.25) is 0 Å². The molecule has 1 aromatic carbocycles. The van der Waals surface area contributed by atoms with E-state index in [-0.39, 0.29) is 16.9 Å². The zero-order valence-corrected chi connectivity index (χ0v) is 11.4. The summed E-state index contributed by atoms with van der Waals surface area (Å²) in [6, 6.07) is 9.80. The van der Waals surface area contributed by atoms with E-state index in [9.17, 15) is 19.6 Å². The highest BCUT2D eigenvalue weighted by atomic mass is 31.2. The zero-order chi connectivity index (χ0) is 14.8. The molecule has 0 amide bonds. The van der Waals surface area contributed by atoms with Crippen molar-refractivity contribution in [2.45, 2.75) is 0 Å². The van der Waals surface area contributed by atoms with Crippen molar-refractivity contribution < 1.29 is 23.5 Å². The Morgan fingerprint density at radius 3 is 2.45 bits per heavy atom. The van der Waals surface area contributed by atoms with Crippen LogP contribution in [0.25, 0.3) is 0 Å². The lowest BCUT2D eigenvalue weighted by Gasteiger charge is -2.10. The molecule has 0 bridgehead atoms. The maximum absolute atomic E-state index is 12.2. The number of non-ortho nitro benzene ring substituents is 1. The molecule has 0 aliphatic carbocycles. The van der Waals surface area contributed by atoms with Gasteiger partial charge in [0.25, 0.3) is 5.69 Å². The van der Waals surface area contributed by atoms with Gasteiger partial charge in [0.15, 0.2) is 6.20 Å². The van der Waals surface area contributed by atoms with Crippen LogP contribution in [0.2, 0.25) is 0 Å². The minimum Gasteiger partial charge on any atom is -0.418 e. The molecular formula is C12H12N2O5P+. The third-order valence-electron chi connectivity index (χ3n) is 2.59. The van der Waals surface area contributed by atoms with Crippen LogP contribution in [0.1, 0.15) is 0 Å². The largest absolute Gasteiger partial charge is 0.471 e. The Bertz CT molecular complexity index is 687. The monoisotopic (exact) mass is 295 g/mol. The van der Waals surface area contributed by atoms with E-state index in [0.717, 1.165) is 0 Å². The number of nitro benzene ring substituents is 1. The summed E-state index contributed by atoms with van der Waals surface area (Å²) in [6.07, 6.45) is 1.62. The summed E-state index contributed by atoms with van der Waals surface area (Å²) in [7, 11) is -2.43. The fourth-order valence-electron chi connectivity index (χ4n) is 1.63. The lowest BCUT2D eigenvalue weighted by atomic mass is 10.3. The number of aryl methyl sites for hydroxylation is 1. The van der Waals surface area contributed by atoms with Crippen molar-refractivity contribution in [2.24, 2.45) is 7.05 Å². The van der Waals surface area contributed by atoms with Gasteiger partial charge < -0.3 is 9.42 Å². The average Bonchev–Trinajstić information content (AvgIpc) is 2.39. The van der Waals surface area contributed by atoms with E-state index in [0.29, 0.717) is 0 Å². The number of rotatable bonds is 4. The SMILES string of the molecule is C[n+]1ccccc1P(=O)(O)Oc1ccc([N+](=O)[O-])cc1. The van der Waals surface area contributed by atoms with Gasteiger partial charge in [-0.25, -0.2) is 4.57 Å². The van der Waals surface area contributed by atoms with Gasteiger partial charge in [0.1, 0.15) is 12.8 Å². The van der Waals surface area contributed by atoms with Gasteiger partial charge in [0, 0.05) is 24.3 Å². The highest BCUT2D eigenvalue weighted by Gasteiger charge is 2.33. The van der Waals surface area contributed by atoms with E-state index in [1.165, 1.54) is 34.9 Å². The second-order valence-corrected chi connectivity index (χ2v) is 5.71. The number of hydrogen-bond acceptors (Lipinski definition) is 4. The molecule has 1 aromatic heterocycles. The summed E-state index contributed by atoms with van der Waals surface area (Å²) in [5.41, 5.74) is 0.00809. The maximum atomic E-state index is 12.2. The van der Waals surface area contributed by atoms with Crippen LogP contribution in [0.3, 0.4) is 0 Å². The first-order chi connectivity index (χ1) is 9.40. The topological polar surface area (TPSA) is 93.5 Å². The zero-order valence-electron chi connectivity index (χ0n) is 10.5. The molecule has 1 N–H and O–H groups in total. The van der Waals surface area contributed by atoms with Crippen molar-refractivity contribution in [2.75, 3.05) is 0 Å². The molecule has 0 spiro atoms. The minimum atomic E-state index is -4.05. The third-order valence-corrected chi connectivity index (χ3v) is 4.10. The Morgan fingerprint density at radius 1 is 1.25 bits per heavy atom. The summed E-state index contributed by atoms with van der Waals surface area (Å²) in [6.45, 7) is 0. The molecule has 0 aliphatic heterocycles. The lowest BCUT2D eigenvalue weighted by Crippen LogP contribution is -2.45. The third kappa shape index (κ3) is 3.01. The maximum Gasteiger partial charge on any atom is 0.471 e. The Hall–Kier alpha value is -2.24. The van der Waals surface area contributed by atoms with Crippen LogP contribution in [0.5, 0.6) is 5.75 Å². The Balaban J connectivity index is 2.26. The van der Waals surface area contributed by atoms with Crippen LogP contribution >= 0.6 is 7.60 Å². The van der Waals surface area contributed by atoms with E-state index in [1.807, 2.05) is 0 Å². The molecule has 1 unspecified atom stereocenters. The molecule has 0 saturated heterocycles. The molecule has 8 heteroatoms. The van der Waals surface area contributed by atoms with E-state index >= 15 is 0 Å². The highest BCUT2D eigenvalue weighted by Crippen LogP contribution is 2.40. The van der Waals surface area contributed by atoms with Crippen LogP contribution in [0.4, 0.5) is 5.69 Å². The number of nitro groups is 1. The van der Waals surface area contributed by atoms with Crippen molar-refractivity contribution in [3.8, 4) is 5.75 Å². The first-order valence-corrected chi connectivity index (χ1v) is 7.20. The molecule has 1 atom stereocenters. The fraction of sp³-hybridized carbons (Fsp3) is 0.0833. The van der Waals surface area contributed by atoms with Gasteiger partial charge >= 0.3 is 13.0 Å². The molecule has 0 aliphatic rings. The summed E-state index contributed by atoms with van der Waals surface area (Å²) in [5.74, 6) is 0.0882. The standard InChI is InChI=1S/C12H11N2O5P/c1-13-9-3-2-4-12(13)20(17,18)19-11-7-5-10(6-8-11)14(15)16/h2-9H,1H3/p+1. The van der Waals surface area contributed by atoms with Crippen molar-refractivity contribution in [1.82, 2.24) is 0 Å². The van der Waals surface area contributed by atoms with Crippen molar-refractivity contribution in [3.05, 3.63) is 58.8 Å². The van der Waals surface area contributed by atoms with Gasteiger partial charge in [-0.05, 0) is 18.2 Å². The van der Waals surface area contributed by atoms with E-state index in [1.54, 1.807) is 25.4 Å². The van der Waals surface area contributed by atoms with Crippen LogP contribution in [-0.2, 0) is 11.6 Å². The molecule has 104 valence electrons.